The SMILES string of the molecule is Cc1ccn2cc(-c3cccc(NC(=O)c4ccccc4Cl)c3)nc2c1. The van der Waals surface area contributed by atoms with Crippen molar-refractivity contribution in [2.24, 2.45) is 0 Å². The smallest absolute Gasteiger partial charge is 0.257 e. The van der Waals surface area contributed by atoms with E-state index in [4.69, 9.17) is 11.6 Å². The van der Waals surface area contributed by atoms with Gasteiger partial charge in [-0.25, -0.2) is 4.98 Å². The van der Waals surface area contributed by atoms with E-state index in [1.165, 1.54) is 0 Å². The van der Waals surface area contributed by atoms with Crippen molar-refractivity contribution < 1.29 is 4.79 Å². The molecule has 0 atom stereocenters. The number of imidazole rings is 1. The van der Waals surface area contributed by atoms with Crippen molar-refractivity contribution in [3.05, 3.63) is 89.2 Å². The van der Waals surface area contributed by atoms with Crippen LogP contribution in [0, 0.1) is 6.92 Å². The van der Waals surface area contributed by atoms with Crippen LogP contribution in [-0.4, -0.2) is 15.3 Å². The largest absolute Gasteiger partial charge is 0.322 e. The number of amides is 1. The minimum absolute atomic E-state index is 0.238. The molecule has 5 heteroatoms. The number of aromatic nitrogens is 2. The summed E-state index contributed by atoms with van der Waals surface area (Å²) in [6.45, 7) is 2.04. The Morgan fingerprint density at radius 2 is 1.92 bits per heavy atom. The fourth-order valence-electron chi connectivity index (χ4n) is 2.82. The Kier molecular flexibility index (Phi) is 4.19. The Morgan fingerprint density at radius 3 is 2.77 bits per heavy atom. The van der Waals surface area contributed by atoms with Gasteiger partial charge in [-0.05, 0) is 48.9 Å². The highest BCUT2D eigenvalue weighted by Gasteiger charge is 2.11. The first kappa shape index (κ1) is 16.4. The standard InChI is InChI=1S/C21H16ClN3O/c1-14-9-10-25-13-19(24-20(25)11-14)15-5-4-6-16(12-15)23-21(26)17-7-2-3-8-18(17)22/h2-13H,1H3,(H,23,26). The highest BCUT2D eigenvalue weighted by atomic mass is 35.5. The molecule has 2 heterocycles. The summed E-state index contributed by atoms with van der Waals surface area (Å²) in [5, 5.41) is 3.32. The van der Waals surface area contributed by atoms with E-state index in [2.05, 4.69) is 10.3 Å². The molecule has 0 aliphatic rings. The van der Waals surface area contributed by atoms with Gasteiger partial charge >= 0.3 is 0 Å². The quantitative estimate of drug-likeness (QED) is 0.544. The molecule has 0 unspecified atom stereocenters. The van der Waals surface area contributed by atoms with Crippen molar-refractivity contribution in [3.8, 4) is 11.3 Å². The summed E-state index contributed by atoms with van der Waals surface area (Å²) in [7, 11) is 0. The van der Waals surface area contributed by atoms with Crippen LogP contribution in [0.25, 0.3) is 16.9 Å². The third-order valence-electron chi connectivity index (χ3n) is 4.15. The predicted octanol–water partition coefficient (Wildman–Crippen LogP) is 5.22. The molecule has 1 N–H and O–H groups in total. The monoisotopic (exact) mass is 361 g/mol. The van der Waals surface area contributed by atoms with Crippen LogP contribution in [0.15, 0.2) is 73.1 Å². The van der Waals surface area contributed by atoms with Gasteiger partial charge in [0.1, 0.15) is 5.65 Å². The van der Waals surface area contributed by atoms with Crippen molar-refractivity contribution in [3.63, 3.8) is 0 Å². The van der Waals surface area contributed by atoms with Gasteiger partial charge in [0.05, 0.1) is 16.3 Å². The molecule has 4 aromatic rings. The summed E-state index contributed by atoms with van der Waals surface area (Å²) in [5.41, 5.74) is 4.98. The van der Waals surface area contributed by atoms with Gasteiger partial charge in [-0.2, -0.15) is 0 Å². The Morgan fingerprint density at radius 1 is 1.08 bits per heavy atom. The van der Waals surface area contributed by atoms with E-state index in [0.29, 0.717) is 16.3 Å². The molecular weight excluding hydrogens is 346 g/mol. The van der Waals surface area contributed by atoms with Gasteiger partial charge in [0, 0.05) is 23.6 Å². The van der Waals surface area contributed by atoms with Crippen molar-refractivity contribution >= 4 is 28.8 Å². The molecule has 26 heavy (non-hydrogen) atoms. The molecule has 1 amide bonds. The van der Waals surface area contributed by atoms with Gasteiger partial charge in [-0.15, -0.1) is 0 Å². The minimum atomic E-state index is -0.238. The Balaban J connectivity index is 1.64. The number of rotatable bonds is 3. The van der Waals surface area contributed by atoms with Gasteiger partial charge in [-0.1, -0.05) is 35.9 Å². The van der Waals surface area contributed by atoms with Crippen LogP contribution >= 0.6 is 11.6 Å². The summed E-state index contributed by atoms with van der Waals surface area (Å²) in [6.07, 6.45) is 3.97. The van der Waals surface area contributed by atoms with E-state index in [1.54, 1.807) is 24.3 Å². The maximum atomic E-state index is 12.4. The molecule has 0 saturated carbocycles. The lowest BCUT2D eigenvalue weighted by Crippen LogP contribution is -2.12. The number of benzene rings is 2. The fraction of sp³-hybridized carbons (Fsp3) is 0.0476. The lowest BCUT2D eigenvalue weighted by Gasteiger charge is -2.07. The molecule has 0 aliphatic heterocycles. The van der Waals surface area contributed by atoms with Crippen molar-refractivity contribution in [1.82, 2.24) is 9.38 Å². The lowest BCUT2D eigenvalue weighted by atomic mass is 10.1. The van der Waals surface area contributed by atoms with Crippen LogP contribution in [0.3, 0.4) is 0 Å². The van der Waals surface area contributed by atoms with E-state index in [9.17, 15) is 4.79 Å². The third kappa shape index (κ3) is 3.19. The molecule has 0 bridgehead atoms. The van der Waals surface area contributed by atoms with Crippen LogP contribution in [0.5, 0.6) is 0 Å². The molecule has 0 spiro atoms. The number of nitrogens with zero attached hydrogens (tertiary/aromatic N) is 2. The molecule has 0 radical (unpaired) electrons. The number of fused-ring (bicyclic) bond motifs is 1. The minimum Gasteiger partial charge on any atom is -0.322 e. The van der Waals surface area contributed by atoms with Crippen molar-refractivity contribution in [2.75, 3.05) is 5.32 Å². The number of halogens is 1. The zero-order chi connectivity index (χ0) is 18.1. The second kappa shape index (κ2) is 6.65. The number of nitrogens with one attached hydrogen (secondary N) is 1. The van der Waals surface area contributed by atoms with Gasteiger partial charge in [-0.3, -0.25) is 4.79 Å². The van der Waals surface area contributed by atoms with Gasteiger partial charge < -0.3 is 9.72 Å². The second-order valence-electron chi connectivity index (χ2n) is 6.11. The van der Waals surface area contributed by atoms with E-state index in [1.807, 2.05) is 60.1 Å². The van der Waals surface area contributed by atoms with E-state index >= 15 is 0 Å². The lowest BCUT2D eigenvalue weighted by molar-refractivity contribution is 0.102. The molecule has 2 aromatic heterocycles. The van der Waals surface area contributed by atoms with Crippen LogP contribution in [-0.2, 0) is 0 Å². The van der Waals surface area contributed by atoms with Crippen LogP contribution in [0.2, 0.25) is 5.02 Å². The van der Waals surface area contributed by atoms with Crippen LogP contribution < -0.4 is 5.32 Å². The summed E-state index contributed by atoms with van der Waals surface area (Å²) >= 11 is 6.10. The van der Waals surface area contributed by atoms with Crippen molar-refractivity contribution in [2.45, 2.75) is 6.92 Å². The highest BCUT2D eigenvalue weighted by molar-refractivity contribution is 6.34. The number of carbonyl (C=O) groups excluding carboxylic acids is 1. The highest BCUT2D eigenvalue weighted by Crippen LogP contribution is 2.24. The maximum Gasteiger partial charge on any atom is 0.257 e. The molecule has 2 aromatic carbocycles. The van der Waals surface area contributed by atoms with Crippen molar-refractivity contribution in [1.29, 1.82) is 0 Å². The Bertz CT molecular complexity index is 1120. The molecule has 4 rings (SSSR count). The first-order chi connectivity index (χ1) is 12.6. The molecule has 4 nitrogen and oxygen atoms in total. The molecule has 128 valence electrons. The van der Waals surface area contributed by atoms with E-state index in [-0.39, 0.29) is 5.91 Å². The predicted molar refractivity (Wildman–Crippen MR) is 105 cm³/mol. The summed E-state index contributed by atoms with van der Waals surface area (Å²) in [4.78, 5) is 17.1. The third-order valence-corrected chi connectivity index (χ3v) is 4.48. The summed E-state index contributed by atoms with van der Waals surface area (Å²) in [6, 6.07) is 18.7. The van der Waals surface area contributed by atoms with Gasteiger partial charge in [0.25, 0.3) is 5.91 Å². The molecular formula is C21H16ClN3O. The number of aryl methyl sites for hydroxylation is 1. The summed E-state index contributed by atoms with van der Waals surface area (Å²) < 4.78 is 1.98. The number of carbonyl (C=O) groups is 1. The van der Waals surface area contributed by atoms with Crippen LogP contribution in [0.4, 0.5) is 5.69 Å². The first-order valence-corrected chi connectivity index (χ1v) is 8.60. The molecule has 0 aliphatic carbocycles. The number of hydrogen-bond donors (Lipinski definition) is 1. The number of pyridine rings is 1. The first-order valence-electron chi connectivity index (χ1n) is 8.22. The van der Waals surface area contributed by atoms with E-state index in [0.717, 1.165) is 22.5 Å². The van der Waals surface area contributed by atoms with Crippen LogP contribution in [0.1, 0.15) is 15.9 Å². The maximum absolute atomic E-state index is 12.4. The molecule has 0 fully saturated rings. The topological polar surface area (TPSA) is 46.4 Å². The zero-order valence-electron chi connectivity index (χ0n) is 14.1. The summed E-state index contributed by atoms with van der Waals surface area (Å²) in [5.74, 6) is -0.238. The second-order valence-corrected chi connectivity index (χ2v) is 6.52. The van der Waals surface area contributed by atoms with Gasteiger partial charge in [0.2, 0.25) is 0 Å². The average molecular weight is 362 g/mol. The number of hydrogen-bond acceptors (Lipinski definition) is 2. The average Bonchev–Trinajstić information content (AvgIpc) is 3.05. The van der Waals surface area contributed by atoms with Gasteiger partial charge in [0.15, 0.2) is 0 Å². The normalized spacial score (nSPS) is 10.8. The fourth-order valence-corrected chi connectivity index (χ4v) is 3.04. The molecule has 0 saturated heterocycles. The van der Waals surface area contributed by atoms with E-state index < -0.39 is 0 Å². The number of anilines is 1. The Labute approximate surface area is 156 Å². The Hall–Kier alpha value is -3.11. The zero-order valence-corrected chi connectivity index (χ0v) is 14.9.